The fraction of sp³-hybridized carbons (Fsp3) is 0.0714. The number of rotatable bonds is 6. The van der Waals surface area contributed by atoms with Gasteiger partial charge in [0.2, 0.25) is 0 Å². The van der Waals surface area contributed by atoms with Gasteiger partial charge in [0, 0.05) is 28.7 Å². The minimum absolute atomic E-state index is 0.930. The maximum absolute atomic E-state index is 4.18. The summed E-state index contributed by atoms with van der Waals surface area (Å²) in [6.45, 7) is 8.51. The molecule has 0 spiro atoms. The fourth-order valence-electron chi connectivity index (χ4n) is 3.66. The van der Waals surface area contributed by atoms with Gasteiger partial charge in [-0.25, -0.2) is 0 Å². The van der Waals surface area contributed by atoms with Crippen molar-refractivity contribution in [3.05, 3.63) is 126 Å². The second-order valence-electron chi connectivity index (χ2n) is 7.45. The van der Waals surface area contributed by atoms with Crippen LogP contribution in [-0.4, -0.2) is 4.57 Å². The van der Waals surface area contributed by atoms with Gasteiger partial charge in [0.05, 0.1) is 5.52 Å². The molecule has 4 rings (SSSR count). The quantitative estimate of drug-likeness (QED) is 0.338. The zero-order chi connectivity index (χ0) is 20.9. The second-order valence-corrected chi connectivity index (χ2v) is 7.45. The van der Waals surface area contributed by atoms with Gasteiger partial charge in [-0.05, 0) is 73.5 Å². The van der Waals surface area contributed by atoms with Crippen LogP contribution >= 0.6 is 0 Å². The van der Waals surface area contributed by atoms with Gasteiger partial charge in [-0.15, -0.1) is 0 Å². The van der Waals surface area contributed by atoms with E-state index in [2.05, 4.69) is 84.9 Å². The van der Waals surface area contributed by atoms with Gasteiger partial charge in [0.15, 0.2) is 0 Å². The van der Waals surface area contributed by atoms with Crippen molar-refractivity contribution in [2.24, 2.45) is 0 Å². The van der Waals surface area contributed by atoms with Gasteiger partial charge in [-0.3, -0.25) is 0 Å². The molecule has 0 radical (unpaired) electrons. The molecule has 2 heteroatoms. The molecule has 0 aliphatic carbocycles. The monoisotopic (exact) mass is 390 g/mol. The van der Waals surface area contributed by atoms with Crippen molar-refractivity contribution < 1.29 is 0 Å². The average molecular weight is 391 g/mol. The standard InChI is InChI=1S/C28H26N2/c1-21(18-19-29-24-10-6-4-7-11-24)14-16-27-23(3)26-20-22(2)15-17-28(26)30(27)25-12-8-5-9-13-25/h4-20,29H,1H2,2-3H3/b16-14-,19-18-. The number of nitrogens with zero attached hydrogens (tertiary/aromatic N) is 1. The van der Waals surface area contributed by atoms with Crippen molar-refractivity contribution >= 4 is 22.7 Å². The lowest BCUT2D eigenvalue weighted by atomic mass is 10.1. The Morgan fingerprint density at radius 1 is 0.867 bits per heavy atom. The van der Waals surface area contributed by atoms with Crippen LogP contribution in [0.5, 0.6) is 0 Å². The fourth-order valence-corrected chi connectivity index (χ4v) is 3.66. The molecule has 3 aromatic carbocycles. The number of aryl methyl sites for hydroxylation is 2. The molecule has 0 atom stereocenters. The normalized spacial score (nSPS) is 11.5. The molecule has 4 aromatic rings. The van der Waals surface area contributed by atoms with Gasteiger partial charge in [0.1, 0.15) is 0 Å². The van der Waals surface area contributed by atoms with Crippen molar-refractivity contribution in [1.82, 2.24) is 4.57 Å². The predicted octanol–water partition coefficient (Wildman–Crippen LogP) is 7.44. The highest BCUT2D eigenvalue weighted by Gasteiger charge is 2.13. The van der Waals surface area contributed by atoms with E-state index in [0.717, 1.165) is 16.9 Å². The van der Waals surface area contributed by atoms with Gasteiger partial charge in [0.25, 0.3) is 0 Å². The zero-order valence-corrected chi connectivity index (χ0v) is 17.5. The molecule has 0 fully saturated rings. The third-order valence-electron chi connectivity index (χ3n) is 5.21. The lowest BCUT2D eigenvalue weighted by Crippen LogP contribution is -1.96. The molecule has 0 unspecified atom stereocenters. The van der Waals surface area contributed by atoms with E-state index in [1.54, 1.807) is 0 Å². The highest BCUT2D eigenvalue weighted by molar-refractivity contribution is 5.90. The average Bonchev–Trinajstić information content (AvgIpc) is 3.05. The van der Waals surface area contributed by atoms with Crippen molar-refractivity contribution in [3.8, 4) is 5.69 Å². The Kier molecular flexibility index (Phi) is 5.67. The van der Waals surface area contributed by atoms with Crippen LogP contribution in [0.3, 0.4) is 0 Å². The number of benzene rings is 3. The number of hydrogen-bond acceptors (Lipinski definition) is 1. The lowest BCUT2D eigenvalue weighted by molar-refractivity contribution is 1.10. The Hall–Kier alpha value is -3.78. The number of fused-ring (bicyclic) bond motifs is 1. The van der Waals surface area contributed by atoms with Crippen LogP contribution in [0.1, 0.15) is 16.8 Å². The molecule has 30 heavy (non-hydrogen) atoms. The van der Waals surface area contributed by atoms with Crippen molar-refractivity contribution in [3.63, 3.8) is 0 Å². The van der Waals surface area contributed by atoms with Crippen LogP contribution in [0.25, 0.3) is 22.7 Å². The number of anilines is 1. The summed E-state index contributed by atoms with van der Waals surface area (Å²) in [5.74, 6) is 0. The first-order chi connectivity index (χ1) is 14.6. The highest BCUT2D eigenvalue weighted by atomic mass is 15.0. The summed E-state index contributed by atoms with van der Waals surface area (Å²) < 4.78 is 2.32. The molecule has 1 heterocycles. The smallest absolute Gasteiger partial charge is 0.0537 e. The second kappa shape index (κ2) is 8.71. The van der Waals surface area contributed by atoms with Gasteiger partial charge >= 0.3 is 0 Å². The number of allylic oxidation sites excluding steroid dienone is 3. The predicted molar refractivity (Wildman–Crippen MR) is 130 cm³/mol. The van der Waals surface area contributed by atoms with Crippen molar-refractivity contribution in [2.75, 3.05) is 5.32 Å². The number of nitrogens with one attached hydrogen (secondary N) is 1. The maximum Gasteiger partial charge on any atom is 0.0537 e. The SMILES string of the molecule is C=C(/C=C\Nc1ccccc1)/C=C\c1c(C)c2cc(C)ccc2n1-c1ccccc1. The van der Waals surface area contributed by atoms with E-state index < -0.39 is 0 Å². The molecule has 0 bridgehead atoms. The third kappa shape index (κ3) is 4.13. The van der Waals surface area contributed by atoms with Crippen LogP contribution in [0, 0.1) is 13.8 Å². The van der Waals surface area contributed by atoms with E-state index in [0.29, 0.717) is 0 Å². The minimum atomic E-state index is 0.930. The van der Waals surface area contributed by atoms with Crippen LogP contribution in [0.2, 0.25) is 0 Å². The van der Waals surface area contributed by atoms with Crippen LogP contribution in [0.15, 0.2) is 109 Å². The van der Waals surface area contributed by atoms with E-state index >= 15 is 0 Å². The number of aromatic nitrogens is 1. The number of hydrogen-bond donors (Lipinski definition) is 1. The molecule has 0 saturated carbocycles. The van der Waals surface area contributed by atoms with E-state index in [-0.39, 0.29) is 0 Å². The van der Waals surface area contributed by atoms with E-state index in [1.807, 2.05) is 48.7 Å². The van der Waals surface area contributed by atoms with Gasteiger partial charge < -0.3 is 9.88 Å². The largest absolute Gasteiger partial charge is 0.362 e. The van der Waals surface area contributed by atoms with Crippen LogP contribution in [-0.2, 0) is 0 Å². The summed E-state index contributed by atoms with van der Waals surface area (Å²) in [7, 11) is 0. The molecular weight excluding hydrogens is 364 g/mol. The summed E-state index contributed by atoms with van der Waals surface area (Å²) >= 11 is 0. The molecule has 2 nitrogen and oxygen atoms in total. The minimum Gasteiger partial charge on any atom is -0.362 e. The summed E-state index contributed by atoms with van der Waals surface area (Å²) in [5.41, 5.74) is 8.08. The highest BCUT2D eigenvalue weighted by Crippen LogP contribution is 2.31. The topological polar surface area (TPSA) is 17.0 Å². The molecular formula is C28H26N2. The molecule has 0 amide bonds. The van der Waals surface area contributed by atoms with Crippen LogP contribution < -0.4 is 5.32 Å². The Bertz CT molecular complexity index is 1230. The Labute approximate surface area is 178 Å². The summed E-state index contributed by atoms with van der Waals surface area (Å²) in [6, 6.07) is 27.2. The maximum atomic E-state index is 4.18. The van der Waals surface area contributed by atoms with Crippen molar-refractivity contribution in [1.29, 1.82) is 0 Å². The third-order valence-corrected chi connectivity index (χ3v) is 5.21. The molecule has 0 aliphatic rings. The molecule has 1 aromatic heterocycles. The summed E-state index contributed by atoms with van der Waals surface area (Å²) in [4.78, 5) is 0. The zero-order valence-electron chi connectivity index (χ0n) is 17.5. The molecule has 0 aliphatic heterocycles. The summed E-state index contributed by atoms with van der Waals surface area (Å²) in [6.07, 6.45) is 8.13. The van der Waals surface area contributed by atoms with Gasteiger partial charge in [-0.2, -0.15) is 0 Å². The molecule has 148 valence electrons. The first-order valence-electron chi connectivity index (χ1n) is 10.2. The van der Waals surface area contributed by atoms with Crippen LogP contribution in [0.4, 0.5) is 5.69 Å². The van der Waals surface area contributed by atoms with E-state index in [9.17, 15) is 0 Å². The Morgan fingerprint density at radius 3 is 2.30 bits per heavy atom. The molecule has 0 saturated heterocycles. The van der Waals surface area contributed by atoms with Gasteiger partial charge in [-0.1, -0.05) is 60.7 Å². The van der Waals surface area contributed by atoms with Crippen molar-refractivity contribution in [2.45, 2.75) is 13.8 Å². The van der Waals surface area contributed by atoms with E-state index in [4.69, 9.17) is 0 Å². The molecule has 1 N–H and O–H groups in total. The summed E-state index contributed by atoms with van der Waals surface area (Å²) in [5, 5.41) is 4.55. The first-order valence-corrected chi connectivity index (χ1v) is 10.2. The Morgan fingerprint density at radius 2 is 1.57 bits per heavy atom. The first kappa shape index (κ1) is 19.5. The lowest BCUT2D eigenvalue weighted by Gasteiger charge is -2.09. The number of para-hydroxylation sites is 2. The van der Waals surface area contributed by atoms with E-state index in [1.165, 1.54) is 27.7 Å². The Balaban J connectivity index is 1.66.